The molecule has 1 fully saturated rings. The van der Waals surface area contributed by atoms with Gasteiger partial charge in [-0.1, -0.05) is 5.10 Å². The first kappa shape index (κ1) is 21.2. The number of carbonyl (C=O) groups excluding carboxylic acids is 2. The standard InChI is InChI=1S/C21H20F2N6O3/c1-13(30)28-8-10-29(11-9-28)16-5-2-14(3-6-16)24-19(31)20-26-27-21(32-20)25-15-4-7-17(22)18(23)12-15/h2-7,12H,8-11H2,1H3,(H,24,31)(H,25,27). The van der Waals surface area contributed by atoms with E-state index in [-0.39, 0.29) is 23.5 Å². The lowest BCUT2D eigenvalue weighted by Gasteiger charge is -2.35. The Kier molecular flexibility index (Phi) is 5.97. The summed E-state index contributed by atoms with van der Waals surface area (Å²) in [6.07, 6.45) is 0. The molecule has 1 aromatic heterocycles. The van der Waals surface area contributed by atoms with Crippen LogP contribution in [0.3, 0.4) is 0 Å². The highest BCUT2D eigenvalue weighted by Crippen LogP contribution is 2.21. The van der Waals surface area contributed by atoms with Gasteiger partial charge in [-0.25, -0.2) is 8.78 Å². The minimum atomic E-state index is -1.03. The van der Waals surface area contributed by atoms with E-state index < -0.39 is 17.5 Å². The van der Waals surface area contributed by atoms with Crippen LogP contribution in [0.1, 0.15) is 17.6 Å². The van der Waals surface area contributed by atoms with Crippen LogP contribution in [0.4, 0.5) is 31.9 Å². The van der Waals surface area contributed by atoms with E-state index >= 15 is 0 Å². The van der Waals surface area contributed by atoms with Gasteiger partial charge in [0.25, 0.3) is 0 Å². The van der Waals surface area contributed by atoms with Gasteiger partial charge in [-0.3, -0.25) is 9.59 Å². The summed E-state index contributed by atoms with van der Waals surface area (Å²) in [6, 6.07) is 10.3. The highest BCUT2D eigenvalue weighted by Gasteiger charge is 2.19. The lowest BCUT2D eigenvalue weighted by atomic mass is 10.2. The number of rotatable bonds is 5. The number of anilines is 4. The third kappa shape index (κ3) is 4.82. The van der Waals surface area contributed by atoms with Crippen LogP contribution < -0.4 is 15.5 Å². The summed E-state index contributed by atoms with van der Waals surface area (Å²) in [7, 11) is 0. The van der Waals surface area contributed by atoms with Crippen molar-refractivity contribution >= 4 is 34.9 Å². The highest BCUT2D eigenvalue weighted by molar-refractivity contribution is 6.01. The number of halogens is 2. The second-order valence-corrected chi connectivity index (χ2v) is 7.16. The number of carbonyl (C=O) groups is 2. The zero-order valence-electron chi connectivity index (χ0n) is 17.1. The molecule has 4 rings (SSSR count). The average molecular weight is 442 g/mol. The molecule has 9 nitrogen and oxygen atoms in total. The van der Waals surface area contributed by atoms with Gasteiger partial charge in [-0.2, -0.15) is 0 Å². The molecule has 2 N–H and O–H groups in total. The van der Waals surface area contributed by atoms with Gasteiger partial charge >= 0.3 is 17.8 Å². The fourth-order valence-electron chi connectivity index (χ4n) is 3.28. The molecular formula is C21H20F2N6O3. The Morgan fingerprint density at radius 1 is 0.938 bits per heavy atom. The predicted molar refractivity (Wildman–Crippen MR) is 113 cm³/mol. The van der Waals surface area contributed by atoms with Gasteiger partial charge in [0.05, 0.1) is 0 Å². The summed E-state index contributed by atoms with van der Waals surface area (Å²) in [5.74, 6) is -2.84. The molecule has 11 heteroatoms. The Balaban J connectivity index is 1.34. The van der Waals surface area contributed by atoms with Crippen LogP contribution in [0, 0.1) is 11.6 Å². The van der Waals surface area contributed by atoms with Crippen molar-refractivity contribution in [1.82, 2.24) is 15.1 Å². The van der Waals surface area contributed by atoms with Gasteiger partial charge in [0, 0.05) is 56.2 Å². The van der Waals surface area contributed by atoms with E-state index in [0.717, 1.165) is 30.9 Å². The normalized spacial score (nSPS) is 13.7. The van der Waals surface area contributed by atoms with Crippen LogP contribution in [0.5, 0.6) is 0 Å². The van der Waals surface area contributed by atoms with Crippen molar-refractivity contribution < 1.29 is 22.8 Å². The van der Waals surface area contributed by atoms with E-state index in [2.05, 4.69) is 25.7 Å². The average Bonchev–Trinajstić information content (AvgIpc) is 3.25. The smallest absolute Gasteiger partial charge is 0.320 e. The van der Waals surface area contributed by atoms with Gasteiger partial charge in [-0.05, 0) is 36.4 Å². The van der Waals surface area contributed by atoms with Crippen LogP contribution in [0.25, 0.3) is 0 Å². The second-order valence-electron chi connectivity index (χ2n) is 7.16. The van der Waals surface area contributed by atoms with Crippen molar-refractivity contribution in [2.75, 3.05) is 41.7 Å². The molecular weight excluding hydrogens is 422 g/mol. The summed E-state index contributed by atoms with van der Waals surface area (Å²) in [5.41, 5.74) is 1.72. The van der Waals surface area contributed by atoms with E-state index in [0.29, 0.717) is 18.8 Å². The van der Waals surface area contributed by atoms with Crippen molar-refractivity contribution in [2.45, 2.75) is 6.92 Å². The molecule has 0 aliphatic carbocycles. The maximum atomic E-state index is 13.3. The molecule has 1 aliphatic heterocycles. The molecule has 2 aromatic carbocycles. The highest BCUT2D eigenvalue weighted by atomic mass is 19.2. The lowest BCUT2D eigenvalue weighted by molar-refractivity contribution is -0.129. The van der Waals surface area contributed by atoms with Crippen molar-refractivity contribution in [3.05, 3.63) is 60.0 Å². The van der Waals surface area contributed by atoms with E-state index in [1.165, 1.54) is 6.07 Å². The SMILES string of the molecule is CC(=O)N1CCN(c2ccc(NC(=O)c3nnc(Nc4ccc(F)c(F)c4)o3)cc2)CC1. The van der Waals surface area contributed by atoms with Crippen LogP contribution in [-0.2, 0) is 4.79 Å². The van der Waals surface area contributed by atoms with Crippen molar-refractivity contribution in [2.24, 2.45) is 0 Å². The number of piperazine rings is 1. The van der Waals surface area contributed by atoms with Crippen LogP contribution >= 0.6 is 0 Å². The van der Waals surface area contributed by atoms with Gasteiger partial charge in [0.15, 0.2) is 11.6 Å². The van der Waals surface area contributed by atoms with Crippen LogP contribution in [-0.4, -0.2) is 53.1 Å². The first-order chi connectivity index (χ1) is 15.4. The summed E-state index contributed by atoms with van der Waals surface area (Å²) >= 11 is 0. The molecule has 0 radical (unpaired) electrons. The number of amides is 2. The van der Waals surface area contributed by atoms with Crippen molar-refractivity contribution in [1.29, 1.82) is 0 Å². The van der Waals surface area contributed by atoms with Crippen LogP contribution in [0.2, 0.25) is 0 Å². The summed E-state index contributed by atoms with van der Waals surface area (Å²) in [6.45, 7) is 4.39. The first-order valence-electron chi connectivity index (χ1n) is 9.86. The fraction of sp³-hybridized carbons (Fsp3) is 0.238. The zero-order valence-corrected chi connectivity index (χ0v) is 17.1. The Labute approximate surface area is 182 Å². The largest absolute Gasteiger partial charge is 0.399 e. The monoisotopic (exact) mass is 442 g/mol. The number of aromatic nitrogens is 2. The summed E-state index contributed by atoms with van der Waals surface area (Å²) < 4.78 is 31.5. The molecule has 0 atom stereocenters. The molecule has 1 saturated heterocycles. The van der Waals surface area contributed by atoms with Crippen molar-refractivity contribution in [3.63, 3.8) is 0 Å². The Morgan fingerprint density at radius 3 is 2.28 bits per heavy atom. The lowest BCUT2D eigenvalue weighted by Crippen LogP contribution is -2.48. The molecule has 0 unspecified atom stereocenters. The Bertz CT molecular complexity index is 1130. The van der Waals surface area contributed by atoms with Crippen molar-refractivity contribution in [3.8, 4) is 0 Å². The summed E-state index contributed by atoms with van der Waals surface area (Å²) in [4.78, 5) is 27.8. The number of nitrogens with one attached hydrogen (secondary N) is 2. The van der Waals surface area contributed by atoms with Gasteiger partial charge in [0.2, 0.25) is 5.91 Å². The first-order valence-corrected chi connectivity index (χ1v) is 9.86. The summed E-state index contributed by atoms with van der Waals surface area (Å²) in [5, 5.41) is 12.6. The zero-order chi connectivity index (χ0) is 22.7. The molecule has 3 aromatic rings. The number of hydrogen-bond acceptors (Lipinski definition) is 7. The molecule has 2 heterocycles. The van der Waals surface area contributed by atoms with Gasteiger partial charge < -0.3 is 24.9 Å². The Morgan fingerprint density at radius 2 is 1.62 bits per heavy atom. The minimum absolute atomic E-state index is 0.0759. The molecule has 166 valence electrons. The number of hydrogen-bond donors (Lipinski definition) is 2. The van der Waals surface area contributed by atoms with E-state index in [1.807, 2.05) is 17.0 Å². The number of benzene rings is 2. The van der Waals surface area contributed by atoms with Gasteiger partial charge in [-0.15, -0.1) is 5.10 Å². The minimum Gasteiger partial charge on any atom is -0.399 e. The molecule has 1 aliphatic rings. The van der Waals surface area contributed by atoms with E-state index in [9.17, 15) is 18.4 Å². The third-order valence-electron chi connectivity index (χ3n) is 5.01. The topological polar surface area (TPSA) is 104 Å². The molecule has 0 bridgehead atoms. The van der Waals surface area contributed by atoms with E-state index in [4.69, 9.17) is 4.42 Å². The quantitative estimate of drug-likeness (QED) is 0.626. The third-order valence-corrected chi connectivity index (χ3v) is 5.01. The maximum Gasteiger partial charge on any atom is 0.320 e. The Hall–Kier alpha value is -4.02. The molecule has 2 amide bonds. The molecule has 0 spiro atoms. The van der Waals surface area contributed by atoms with Crippen LogP contribution in [0.15, 0.2) is 46.9 Å². The molecule has 32 heavy (non-hydrogen) atoms. The predicted octanol–water partition coefficient (Wildman–Crippen LogP) is 3.01. The second kappa shape index (κ2) is 9.00. The molecule has 0 saturated carbocycles. The fourth-order valence-corrected chi connectivity index (χ4v) is 3.28. The van der Waals surface area contributed by atoms with Gasteiger partial charge in [0.1, 0.15) is 0 Å². The maximum absolute atomic E-state index is 13.3. The number of nitrogens with zero attached hydrogens (tertiary/aromatic N) is 4. The van der Waals surface area contributed by atoms with E-state index in [1.54, 1.807) is 19.1 Å².